The molecule has 104 valence electrons. The molecule has 2 nitrogen and oxygen atoms in total. The lowest BCUT2D eigenvalue weighted by Crippen LogP contribution is -2.40. The minimum Gasteiger partial charge on any atom is -0.339 e. The summed E-state index contributed by atoms with van der Waals surface area (Å²) in [6.07, 6.45) is 1.84. The number of nitrogens with zero attached hydrogens (tertiary/aromatic N) is 1. The van der Waals surface area contributed by atoms with Crippen LogP contribution in [-0.2, 0) is 0 Å². The summed E-state index contributed by atoms with van der Waals surface area (Å²) in [5.74, 6) is 0.0650. The third kappa shape index (κ3) is 3.27. The van der Waals surface area contributed by atoms with Crippen molar-refractivity contribution in [1.82, 2.24) is 4.90 Å². The molecule has 0 aliphatic carbocycles. The monoisotopic (exact) mass is 283 g/mol. The molecule has 4 heteroatoms. The number of hydrogen-bond acceptors (Lipinski definition) is 1. The fourth-order valence-corrected chi connectivity index (χ4v) is 2.72. The Morgan fingerprint density at radius 1 is 1.42 bits per heavy atom. The van der Waals surface area contributed by atoms with Gasteiger partial charge in [-0.2, -0.15) is 0 Å². The van der Waals surface area contributed by atoms with E-state index in [2.05, 4.69) is 0 Å². The lowest BCUT2D eigenvalue weighted by atomic mass is 9.93. The second kappa shape index (κ2) is 5.91. The summed E-state index contributed by atoms with van der Waals surface area (Å²) in [5, 5.41) is 0.147. The van der Waals surface area contributed by atoms with Gasteiger partial charge in [0.15, 0.2) is 0 Å². The van der Waals surface area contributed by atoms with Crippen LogP contribution in [0.15, 0.2) is 18.2 Å². The fourth-order valence-electron chi connectivity index (χ4n) is 2.47. The van der Waals surface area contributed by atoms with E-state index in [1.807, 2.05) is 6.92 Å². The van der Waals surface area contributed by atoms with Crippen molar-refractivity contribution in [2.75, 3.05) is 13.1 Å². The lowest BCUT2D eigenvalue weighted by molar-refractivity contribution is 0.0689. The van der Waals surface area contributed by atoms with Gasteiger partial charge in [-0.05, 0) is 50.3 Å². The molecule has 0 spiro atoms. The standard InChI is InChI=1S/C15H19ClFNO/c1-10-3-4-13(9-14(10)17)15(19)18-7-5-12(6-8-18)11(2)16/h3-4,9,11-12H,5-8H2,1-2H3. The van der Waals surface area contributed by atoms with E-state index in [4.69, 9.17) is 11.6 Å². The first kappa shape index (κ1) is 14.3. The molecule has 0 N–H and O–H groups in total. The van der Waals surface area contributed by atoms with E-state index in [1.165, 1.54) is 6.07 Å². The van der Waals surface area contributed by atoms with Crippen LogP contribution in [-0.4, -0.2) is 29.3 Å². The molecule has 19 heavy (non-hydrogen) atoms. The highest BCUT2D eigenvalue weighted by Gasteiger charge is 2.26. The molecular formula is C15H19ClFNO. The average Bonchev–Trinajstić information content (AvgIpc) is 2.41. The van der Waals surface area contributed by atoms with Crippen LogP contribution in [0.25, 0.3) is 0 Å². The van der Waals surface area contributed by atoms with Crippen LogP contribution >= 0.6 is 11.6 Å². The molecule has 0 bridgehead atoms. The van der Waals surface area contributed by atoms with E-state index in [1.54, 1.807) is 24.0 Å². The summed E-state index contributed by atoms with van der Waals surface area (Å²) in [4.78, 5) is 14.1. The molecule has 2 rings (SSSR count). The molecule has 0 radical (unpaired) electrons. The number of rotatable bonds is 2. The van der Waals surface area contributed by atoms with E-state index in [0.717, 1.165) is 12.8 Å². The molecule has 1 heterocycles. The van der Waals surface area contributed by atoms with Gasteiger partial charge in [0.25, 0.3) is 5.91 Å². The van der Waals surface area contributed by atoms with Gasteiger partial charge in [0.2, 0.25) is 0 Å². The zero-order valence-electron chi connectivity index (χ0n) is 11.3. The summed E-state index contributed by atoms with van der Waals surface area (Å²) in [6, 6.07) is 4.67. The van der Waals surface area contributed by atoms with Crippen LogP contribution in [0.2, 0.25) is 0 Å². The van der Waals surface area contributed by atoms with Crippen molar-refractivity contribution in [3.05, 3.63) is 35.1 Å². The number of likely N-dealkylation sites (tertiary alicyclic amines) is 1. The average molecular weight is 284 g/mol. The zero-order valence-corrected chi connectivity index (χ0v) is 12.1. The van der Waals surface area contributed by atoms with E-state index >= 15 is 0 Å². The van der Waals surface area contributed by atoms with Crippen molar-refractivity contribution in [1.29, 1.82) is 0 Å². The molecular weight excluding hydrogens is 265 g/mol. The van der Waals surface area contributed by atoms with Crippen LogP contribution in [0.5, 0.6) is 0 Å². The predicted octanol–water partition coefficient (Wildman–Crippen LogP) is 3.61. The van der Waals surface area contributed by atoms with E-state index in [9.17, 15) is 9.18 Å². The molecule has 1 fully saturated rings. The first-order valence-corrected chi connectivity index (χ1v) is 7.12. The van der Waals surface area contributed by atoms with Crippen molar-refractivity contribution in [3.8, 4) is 0 Å². The van der Waals surface area contributed by atoms with E-state index < -0.39 is 0 Å². The van der Waals surface area contributed by atoms with Crippen molar-refractivity contribution >= 4 is 17.5 Å². The zero-order chi connectivity index (χ0) is 14.0. The maximum atomic E-state index is 13.5. The summed E-state index contributed by atoms with van der Waals surface area (Å²) in [5.41, 5.74) is 0.992. The van der Waals surface area contributed by atoms with Crippen molar-refractivity contribution < 1.29 is 9.18 Å². The van der Waals surface area contributed by atoms with E-state index in [0.29, 0.717) is 30.1 Å². The number of aryl methyl sites for hydroxylation is 1. The maximum Gasteiger partial charge on any atom is 0.253 e. The van der Waals surface area contributed by atoms with Crippen LogP contribution in [0.3, 0.4) is 0 Å². The van der Waals surface area contributed by atoms with Gasteiger partial charge in [-0.1, -0.05) is 6.07 Å². The Morgan fingerprint density at radius 3 is 2.58 bits per heavy atom. The quantitative estimate of drug-likeness (QED) is 0.759. The summed E-state index contributed by atoms with van der Waals surface area (Å²) in [6.45, 7) is 5.10. The highest BCUT2D eigenvalue weighted by Crippen LogP contribution is 2.25. The summed E-state index contributed by atoms with van der Waals surface area (Å²) < 4.78 is 13.5. The normalized spacial score (nSPS) is 18.4. The number of hydrogen-bond donors (Lipinski definition) is 0. The maximum absolute atomic E-state index is 13.5. The van der Waals surface area contributed by atoms with Gasteiger partial charge in [0, 0.05) is 24.0 Å². The van der Waals surface area contributed by atoms with Gasteiger partial charge >= 0.3 is 0 Å². The number of carbonyl (C=O) groups excluding carboxylic acids is 1. The van der Waals surface area contributed by atoms with Gasteiger partial charge in [-0.3, -0.25) is 4.79 Å². The first-order valence-electron chi connectivity index (χ1n) is 6.68. The second-order valence-corrected chi connectivity index (χ2v) is 5.96. The molecule has 1 aliphatic rings. The Morgan fingerprint density at radius 2 is 2.05 bits per heavy atom. The van der Waals surface area contributed by atoms with Gasteiger partial charge in [0.1, 0.15) is 5.82 Å². The summed E-state index contributed by atoms with van der Waals surface area (Å²) >= 11 is 6.09. The van der Waals surface area contributed by atoms with Crippen molar-refractivity contribution in [2.24, 2.45) is 5.92 Å². The first-order chi connectivity index (χ1) is 8.99. The van der Waals surface area contributed by atoms with E-state index in [-0.39, 0.29) is 17.1 Å². The Hall–Kier alpha value is -1.09. The number of benzene rings is 1. The van der Waals surface area contributed by atoms with Crippen LogP contribution in [0.1, 0.15) is 35.7 Å². The number of carbonyl (C=O) groups is 1. The second-order valence-electron chi connectivity index (χ2n) is 5.27. The number of piperidine rings is 1. The molecule has 1 unspecified atom stereocenters. The molecule has 1 amide bonds. The molecule has 1 atom stereocenters. The number of amides is 1. The Balaban J connectivity index is 2.03. The van der Waals surface area contributed by atoms with Gasteiger partial charge in [0.05, 0.1) is 0 Å². The van der Waals surface area contributed by atoms with Crippen LogP contribution in [0, 0.1) is 18.7 Å². The number of halogens is 2. The molecule has 0 aromatic heterocycles. The highest BCUT2D eigenvalue weighted by molar-refractivity contribution is 6.20. The van der Waals surface area contributed by atoms with Crippen molar-refractivity contribution in [2.45, 2.75) is 32.1 Å². The predicted molar refractivity (Wildman–Crippen MR) is 75.1 cm³/mol. The SMILES string of the molecule is Cc1ccc(C(=O)N2CCC(C(C)Cl)CC2)cc1F. The highest BCUT2D eigenvalue weighted by atomic mass is 35.5. The molecule has 1 aromatic rings. The summed E-state index contributed by atoms with van der Waals surface area (Å²) in [7, 11) is 0. The van der Waals surface area contributed by atoms with Crippen LogP contribution in [0.4, 0.5) is 4.39 Å². The molecule has 1 aromatic carbocycles. The molecule has 0 saturated carbocycles. The topological polar surface area (TPSA) is 20.3 Å². The van der Waals surface area contributed by atoms with Crippen molar-refractivity contribution in [3.63, 3.8) is 0 Å². The Kier molecular flexibility index (Phi) is 4.46. The van der Waals surface area contributed by atoms with Crippen LogP contribution < -0.4 is 0 Å². The smallest absolute Gasteiger partial charge is 0.253 e. The Bertz CT molecular complexity index is 467. The fraction of sp³-hybridized carbons (Fsp3) is 0.533. The third-order valence-electron chi connectivity index (χ3n) is 3.90. The minimum absolute atomic E-state index is 0.0837. The third-order valence-corrected chi connectivity index (χ3v) is 4.25. The Labute approximate surface area is 118 Å². The molecule has 1 aliphatic heterocycles. The largest absolute Gasteiger partial charge is 0.339 e. The van der Waals surface area contributed by atoms with Gasteiger partial charge < -0.3 is 4.90 Å². The molecule has 1 saturated heterocycles. The lowest BCUT2D eigenvalue weighted by Gasteiger charge is -2.33. The van der Waals surface area contributed by atoms with Gasteiger partial charge in [-0.15, -0.1) is 11.6 Å². The van der Waals surface area contributed by atoms with Gasteiger partial charge in [-0.25, -0.2) is 4.39 Å². The minimum atomic E-state index is -0.324. The number of alkyl halides is 1.